The Labute approximate surface area is 126 Å². The molecule has 6 heteroatoms. The van der Waals surface area contributed by atoms with Gasteiger partial charge in [0.25, 0.3) is 0 Å². The lowest BCUT2D eigenvalue weighted by Gasteiger charge is -2.01. The standard InChI is InChI=1S/C16H14N4O2/c1-2-15-18-14(19-22-15)10-20-8-7-17-16(20)13-9-11-5-3-4-6-12(11)21-13/h3-9H,2,10H2,1H3. The third-order valence-corrected chi connectivity index (χ3v) is 3.49. The van der Waals surface area contributed by atoms with Crippen molar-refractivity contribution < 1.29 is 8.94 Å². The van der Waals surface area contributed by atoms with Gasteiger partial charge in [0.15, 0.2) is 17.4 Å². The van der Waals surface area contributed by atoms with Crippen molar-refractivity contribution in [2.24, 2.45) is 0 Å². The zero-order valence-electron chi connectivity index (χ0n) is 12.1. The van der Waals surface area contributed by atoms with Gasteiger partial charge in [-0.15, -0.1) is 0 Å². The predicted molar refractivity (Wildman–Crippen MR) is 80.2 cm³/mol. The maximum atomic E-state index is 5.87. The first-order valence-corrected chi connectivity index (χ1v) is 7.15. The van der Waals surface area contributed by atoms with E-state index in [0.29, 0.717) is 18.3 Å². The van der Waals surface area contributed by atoms with E-state index in [1.807, 2.05) is 48.0 Å². The van der Waals surface area contributed by atoms with Crippen LogP contribution in [-0.2, 0) is 13.0 Å². The number of aromatic nitrogens is 4. The molecule has 0 spiro atoms. The minimum absolute atomic E-state index is 0.496. The number of nitrogens with zero attached hydrogens (tertiary/aromatic N) is 4. The van der Waals surface area contributed by atoms with Crippen molar-refractivity contribution in [3.63, 3.8) is 0 Å². The van der Waals surface area contributed by atoms with Crippen LogP contribution in [0.2, 0.25) is 0 Å². The highest BCUT2D eigenvalue weighted by atomic mass is 16.5. The maximum absolute atomic E-state index is 5.87. The van der Waals surface area contributed by atoms with Crippen LogP contribution in [0.4, 0.5) is 0 Å². The predicted octanol–water partition coefficient (Wildman–Crippen LogP) is 3.29. The number of imidazole rings is 1. The van der Waals surface area contributed by atoms with Gasteiger partial charge >= 0.3 is 0 Å². The minimum atomic E-state index is 0.496. The molecule has 3 heterocycles. The molecule has 0 fully saturated rings. The summed E-state index contributed by atoms with van der Waals surface area (Å²) in [5.41, 5.74) is 0.847. The topological polar surface area (TPSA) is 69.9 Å². The van der Waals surface area contributed by atoms with Crippen molar-refractivity contribution in [1.82, 2.24) is 19.7 Å². The Morgan fingerprint density at radius 1 is 1.23 bits per heavy atom. The summed E-state index contributed by atoms with van der Waals surface area (Å²) >= 11 is 0. The van der Waals surface area contributed by atoms with Crippen molar-refractivity contribution in [3.8, 4) is 11.6 Å². The van der Waals surface area contributed by atoms with E-state index in [1.165, 1.54) is 0 Å². The lowest BCUT2D eigenvalue weighted by Crippen LogP contribution is -2.02. The Balaban J connectivity index is 1.69. The van der Waals surface area contributed by atoms with Crippen molar-refractivity contribution in [1.29, 1.82) is 0 Å². The second-order valence-electron chi connectivity index (χ2n) is 4.99. The molecule has 4 rings (SSSR count). The van der Waals surface area contributed by atoms with Gasteiger partial charge in [0, 0.05) is 24.2 Å². The smallest absolute Gasteiger partial charge is 0.226 e. The van der Waals surface area contributed by atoms with Crippen LogP contribution < -0.4 is 0 Å². The van der Waals surface area contributed by atoms with Crippen LogP contribution in [0, 0.1) is 0 Å². The quantitative estimate of drug-likeness (QED) is 0.577. The number of fused-ring (bicyclic) bond motifs is 1. The third-order valence-electron chi connectivity index (χ3n) is 3.49. The average molecular weight is 294 g/mol. The molecular weight excluding hydrogens is 280 g/mol. The lowest BCUT2D eigenvalue weighted by atomic mass is 10.2. The molecule has 0 saturated carbocycles. The SMILES string of the molecule is CCc1nc(Cn2ccnc2-c2cc3ccccc3o2)no1. The van der Waals surface area contributed by atoms with E-state index < -0.39 is 0 Å². The molecule has 0 amide bonds. The second kappa shape index (κ2) is 5.14. The summed E-state index contributed by atoms with van der Waals surface area (Å²) in [6.45, 7) is 2.48. The lowest BCUT2D eigenvalue weighted by molar-refractivity contribution is 0.375. The molecule has 0 N–H and O–H groups in total. The molecule has 0 aliphatic rings. The molecule has 0 unspecified atom stereocenters. The van der Waals surface area contributed by atoms with Gasteiger partial charge in [0.05, 0.1) is 6.54 Å². The molecule has 110 valence electrons. The molecular formula is C16H14N4O2. The Morgan fingerprint density at radius 3 is 2.95 bits per heavy atom. The Bertz CT molecular complexity index is 886. The number of hydrogen-bond donors (Lipinski definition) is 0. The molecule has 6 nitrogen and oxygen atoms in total. The summed E-state index contributed by atoms with van der Waals surface area (Å²) in [5.74, 6) is 2.75. The van der Waals surface area contributed by atoms with Crippen molar-refractivity contribution >= 4 is 11.0 Å². The molecule has 3 aromatic heterocycles. The van der Waals surface area contributed by atoms with Gasteiger partial charge in [-0.05, 0) is 12.1 Å². The van der Waals surface area contributed by atoms with Crippen LogP contribution in [0.25, 0.3) is 22.6 Å². The summed E-state index contributed by atoms with van der Waals surface area (Å²) in [6.07, 6.45) is 4.35. The average Bonchev–Trinajstić information content (AvgIpc) is 3.25. The fourth-order valence-corrected chi connectivity index (χ4v) is 2.40. The molecule has 0 saturated heterocycles. The fraction of sp³-hybridized carbons (Fsp3) is 0.188. The molecule has 0 atom stereocenters. The Morgan fingerprint density at radius 2 is 2.14 bits per heavy atom. The molecule has 4 aromatic rings. The van der Waals surface area contributed by atoms with Gasteiger partial charge in [0.1, 0.15) is 5.58 Å². The summed E-state index contributed by atoms with van der Waals surface area (Å²) in [7, 11) is 0. The zero-order valence-corrected chi connectivity index (χ0v) is 12.1. The number of aryl methyl sites for hydroxylation is 1. The van der Waals surface area contributed by atoms with E-state index in [1.54, 1.807) is 6.20 Å². The third kappa shape index (κ3) is 2.18. The summed E-state index contributed by atoms with van der Waals surface area (Å²) in [4.78, 5) is 8.71. The summed E-state index contributed by atoms with van der Waals surface area (Å²) < 4.78 is 13.0. The molecule has 0 bridgehead atoms. The van der Waals surface area contributed by atoms with Gasteiger partial charge < -0.3 is 13.5 Å². The normalized spacial score (nSPS) is 11.3. The molecule has 0 radical (unpaired) electrons. The van der Waals surface area contributed by atoms with E-state index in [-0.39, 0.29) is 0 Å². The summed E-state index contributed by atoms with van der Waals surface area (Å²) in [5, 5.41) is 5.03. The van der Waals surface area contributed by atoms with Crippen LogP contribution >= 0.6 is 0 Å². The molecule has 22 heavy (non-hydrogen) atoms. The van der Waals surface area contributed by atoms with E-state index in [9.17, 15) is 0 Å². The first-order chi connectivity index (χ1) is 10.8. The van der Waals surface area contributed by atoms with E-state index in [2.05, 4.69) is 15.1 Å². The van der Waals surface area contributed by atoms with Crippen LogP contribution in [0.1, 0.15) is 18.6 Å². The van der Waals surface area contributed by atoms with E-state index in [4.69, 9.17) is 8.94 Å². The Hall–Kier alpha value is -2.89. The number of benzene rings is 1. The fourth-order valence-electron chi connectivity index (χ4n) is 2.40. The number of rotatable bonds is 4. The summed E-state index contributed by atoms with van der Waals surface area (Å²) in [6, 6.07) is 9.89. The molecule has 0 aliphatic carbocycles. The minimum Gasteiger partial charge on any atom is -0.453 e. The van der Waals surface area contributed by atoms with Crippen LogP contribution in [0.5, 0.6) is 0 Å². The maximum Gasteiger partial charge on any atom is 0.226 e. The van der Waals surface area contributed by atoms with E-state index in [0.717, 1.165) is 29.0 Å². The molecule has 0 aliphatic heterocycles. The van der Waals surface area contributed by atoms with Gasteiger partial charge in [-0.1, -0.05) is 30.3 Å². The van der Waals surface area contributed by atoms with Gasteiger partial charge in [-0.2, -0.15) is 4.98 Å². The first kappa shape index (κ1) is 12.8. The van der Waals surface area contributed by atoms with Crippen LogP contribution in [0.3, 0.4) is 0 Å². The second-order valence-corrected chi connectivity index (χ2v) is 4.99. The monoisotopic (exact) mass is 294 g/mol. The highest BCUT2D eigenvalue weighted by molar-refractivity contribution is 5.81. The van der Waals surface area contributed by atoms with Gasteiger partial charge in [0.2, 0.25) is 5.89 Å². The van der Waals surface area contributed by atoms with Crippen molar-refractivity contribution in [2.75, 3.05) is 0 Å². The van der Waals surface area contributed by atoms with Gasteiger partial charge in [-0.25, -0.2) is 4.98 Å². The Kier molecular flexibility index (Phi) is 3.00. The zero-order chi connectivity index (χ0) is 14.9. The largest absolute Gasteiger partial charge is 0.453 e. The van der Waals surface area contributed by atoms with Crippen molar-refractivity contribution in [3.05, 3.63) is 54.4 Å². The highest BCUT2D eigenvalue weighted by Crippen LogP contribution is 2.26. The van der Waals surface area contributed by atoms with Gasteiger partial charge in [-0.3, -0.25) is 0 Å². The number of furan rings is 1. The highest BCUT2D eigenvalue weighted by Gasteiger charge is 2.14. The molecule has 1 aromatic carbocycles. The van der Waals surface area contributed by atoms with Crippen LogP contribution in [0.15, 0.2) is 51.7 Å². The van der Waals surface area contributed by atoms with Crippen LogP contribution in [-0.4, -0.2) is 19.7 Å². The van der Waals surface area contributed by atoms with E-state index >= 15 is 0 Å². The number of hydrogen-bond acceptors (Lipinski definition) is 5. The van der Waals surface area contributed by atoms with Crippen molar-refractivity contribution in [2.45, 2.75) is 19.9 Å². The number of para-hydroxylation sites is 1. The first-order valence-electron chi connectivity index (χ1n) is 7.15.